The van der Waals surface area contributed by atoms with Gasteiger partial charge in [-0.2, -0.15) is 0 Å². The molecule has 0 aromatic rings. The van der Waals surface area contributed by atoms with Crippen LogP contribution in [0.2, 0.25) is 0 Å². The van der Waals surface area contributed by atoms with Crippen molar-refractivity contribution in [2.24, 2.45) is 5.92 Å². The van der Waals surface area contributed by atoms with Crippen LogP contribution in [0.5, 0.6) is 0 Å². The number of likely N-dealkylation sites (tertiary alicyclic amines) is 1. The number of rotatable bonds is 1. The van der Waals surface area contributed by atoms with E-state index >= 15 is 0 Å². The lowest BCUT2D eigenvalue weighted by Crippen LogP contribution is -2.45. The van der Waals surface area contributed by atoms with Gasteiger partial charge in [-0.3, -0.25) is 0 Å². The summed E-state index contributed by atoms with van der Waals surface area (Å²) in [7, 11) is 1.36. The molecule has 4 heteroatoms. The highest BCUT2D eigenvalue weighted by Gasteiger charge is 2.28. The average molecular weight is 185 g/mol. The van der Waals surface area contributed by atoms with E-state index in [1.165, 1.54) is 7.11 Å². The van der Waals surface area contributed by atoms with Gasteiger partial charge in [0.1, 0.15) is 0 Å². The fourth-order valence-electron chi connectivity index (χ4n) is 1.50. The van der Waals surface area contributed by atoms with Gasteiger partial charge in [-0.1, -0.05) is 6.08 Å². The van der Waals surface area contributed by atoms with Gasteiger partial charge in [0.25, 0.3) is 0 Å². The molecule has 4 nitrogen and oxygen atoms in total. The second kappa shape index (κ2) is 4.28. The number of hydrogen-bond donors (Lipinski definition) is 1. The van der Waals surface area contributed by atoms with E-state index < -0.39 is 0 Å². The van der Waals surface area contributed by atoms with Crippen LogP contribution in [0.15, 0.2) is 12.7 Å². The molecule has 1 N–H and O–H groups in total. The van der Waals surface area contributed by atoms with Gasteiger partial charge in [-0.15, -0.1) is 6.58 Å². The molecule has 0 aromatic carbocycles. The van der Waals surface area contributed by atoms with Crippen molar-refractivity contribution in [3.8, 4) is 0 Å². The average Bonchev–Trinajstić information content (AvgIpc) is 2.17. The Kier molecular flexibility index (Phi) is 3.31. The zero-order valence-electron chi connectivity index (χ0n) is 7.77. The summed E-state index contributed by atoms with van der Waals surface area (Å²) in [4.78, 5) is 12.7. The first-order valence-corrected chi connectivity index (χ1v) is 4.32. The number of aliphatic hydroxyl groups excluding tert-OH is 1. The quantitative estimate of drug-likeness (QED) is 0.609. The van der Waals surface area contributed by atoms with E-state index in [2.05, 4.69) is 11.3 Å². The summed E-state index contributed by atoms with van der Waals surface area (Å²) in [6.07, 6.45) is 1.56. The first-order chi connectivity index (χ1) is 6.19. The van der Waals surface area contributed by atoms with Crippen molar-refractivity contribution in [3.63, 3.8) is 0 Å². The van der Waals surface area contributed by atoms with Gasteiger partial charge >= 0.3 is 6.09 Å². The van der Waals surface area contributed by atoms with E-state index in [0.29, 0.717) is 19.5 Å². The van der Waals surface area contributed by atoms with Crippen molar-refractivity contribution in [1.82, 2.24) is 4.90 Å². The van der Waals surface area contributed by atoms with E-state index in [9.17, 15) is 9.90 Å². The maximum Gasteiger partial charge on any atom is 0.409 e. The Morgan fingerprint density at radius 1 is 1.77 bits per heavy atom. The third-order valence-electron chi connectivity index (χ3n) is 2.36. The Labute approximate surface area is 77.8 Å². The second-order valence-electron chi connectivity index (χ2n) is 3.17. The fraction of sp³-hybridized carbons (Fsp3) is 0.667. The van der Waals surface area contributed by atoms with Gasteiger partial charge in [0.05, 0.1) is 13.2 Å². The highest BCUT2D eigenvalue weighted by molar-refractivity contribution is 5.67. The molecule has 1 saturated heterocycles. The van der Waals surface area contributed by atoms with Crippen LogP contribution in [-0.4, -0.2) is 42.4 Å². The lowest BCUT2D eigenvalue weighted by Gasteiger charge is -2.33. The standard InChI is InChI=1S/C9H15NO3/c1-3-7-6-10(9(12)13-2)5-4-8(7)11/h3,7-8,11H,1,4-6H2,2H3/t7-,8+/m1/s1. The SMILES string of the molecule is C=C[C@@H]1CN(C(=O)OC)CC[C@@H]1O. The number of methoxy groups -OCH3 is 1. The van der Waals surface area contributed by atoms with Gasteiger partial charge in [0.2, 0.25) is 0 Å². The highest BCUT2D eigenvalue weighted by Crippen LogP contribution is 2.18. The molecule has 0 saturated carbocycles. The maximum absolute atomic E-state index is 11.1. The third kappa shape index (κ3) is 2.21. The summed E-state index contributed by atoms with van der Waals surface area (Å²) in [6, 6.07) is 0. The first kappa shape index (κ1) is 10.1. The number of piperidine rings is 1. The Morgan fingerprint density at radius 3 is 3.00 bits per heavy atom. The van der Waals surface area contributed by atoms with Crippen LogP contribution in [0.1, 0.15) is 6.42 Å². The number of ether oxygens (including phenoxy) is 1. The minimum Gasteiger partial charge on any atom is -0.453 e. The van der Waals surface area contributed by atoms with Crippen molar-refractivity contribution < 1.29 is 14.6 Å². The van der Waals surface area contributed by atoms with Crippen LogP contribution in [0.4, 0.5) is 4.79 Å². The van der Waals surface area contributed by atoms with Crippen LogP contribution in [-0.2, 0) is 4.74 Å². The van der Waals surface area contributed by atoms with E-state index in [0.717, 1.165) is 0 Å². The molecule has 0 aromatic heterocycles. The molecule has 1 aliphatic rings. The Bertz CT molecular complexity index is 205. The number of aliphatic hydroxyl groups is 1. The molecule has 1 fully saturated rings. The topological polar surface area (TPSA) is 49.8 Å². The molecule has 13 heavy (non-hydrogen) atoms. The molecule has 0 bridgehead atoms. The van der Waals surface area contributed by atoms with Crippen LogP contribution in [0, 0.1) is 5.92 Å². The molecule has 1 rings (SSSR count). The second-order valence-corrected chi connectivity index (χ2v) is 3.17. The molecule has 74 valence electrons. The predicted molar refractivity (Wildman–Crippen MR) is 48.3 cm³/mol. The molecule has 0 spiro atoms. The van der Waals surface area contributed by atoms with Crippen LogP contribution >= 0.6 is 0 Å². The zero-order valence-corrected chi connectivity index (χ0v) is 7.77. The molecule has 0 unspecified atom stereocenters. The summed E-state index contributed by atoms with van der Waals surface area (Å²) >= 11 is 0. The summed E-state index contributed by atoms with van der Waals surface area (Å²) in [5.74, 6) is -0.0344. The third-order valence-corrected chi connectivity index (χ3v) is 2.36. The van der Waals surface area contributed by atoms with Gasteiger partial charge < -0.3 is 14.7 Å². The smallest absolute Gasteiger partial charge is 0.409 e. The minimum absolute atomic E-state index is 0.0344. The predicted octanol–water partition coefficient (Wildman–Crippen LogP) is 0.622. The van der Waals surface area contributed by atoms with Crippen LogP contribution < -0.4 is 0 Å². The lowest BCUT2D eigenvalue weighted by atomic mass is 9.95. The molecule has 2 atom stereocenters. The Morgan fingerprint density at radius 2 is 2.46 bits per heavy atom. The highest BCUT2D eigenvalue weighted by atomic mass is 16.5. The number of amides is 1. The Hall–Kier alpha value is -1.03. The van der Waals surface area contributed by atoms with E-state index in [-0.39, 0.29) is 18.1 Å². The molecule has 1 aliphatic heterocycles. The van der Waals surface area contributed by atoms with E-state index in [1.54, 1.807) is 11.0 Å². The van der Waals surface area contributed by atoms with Crippen molar-refractivity contribution in [2.75, 3.05) is 20.2 Å². The fourth-order valence-corrected chi connectivity index (χ4v) is 1.50. The van der Waals surface area contributed by atoms with Crippen LogP contribution in [0.25, 0.3) is 0 Å². The Balaban J connectivity index is 2.54. The van der Waals surface area contributed by atoms with Gasteiger partial charge in [-0.05, 0) is 6.42 Å². The van der Waals surface area contributed by atoms with Crippen molar-refractivity contribution >= 4 is 6.09 Å². The molecule has 0 aliphatic carbocycles. The van der Waals surface area contributed by atoms with E-state index in [4.69, 9.17) is 0 Å². The number of carbonyl (C=O) groups excluding carboxylic acids is 1. The van der Waals surface area contributed by atoms with Gasteiger partial charge in [0.15, 0.2) is 0 Å². The van der Waals surface area contributed by atoms with E-state index in [1.807, 2.05) is 0 Å². The molecular weight excluding hydrogens is 170 g/mol. The lowest BCUT2D eigenvalue weighted by molar-refractivity contribution is 0.0423. The molecule has 1 amide bonds. The summed E-state index contributed by atoms with van der Waals surface area (Å²) in [5.41, 5.74) is 0. The normalized spacial score (nSPS) is 28.3. The van der Waals surface area contributed by atoms with Crippen molar-refractivity contribution in [1.29, 1.82) is 0 Å². The maximum atomic E-state index is 11.1. The van der Waals surface area contributed by atoms with Crippen molar-refractivity contribution in [2.45, 2.75) is 12.5 Å². The number of hydrogen-bond acceptors (Lipinski definition) is 3. The van der Waals surface area contributed by atoms with Crippen molar-refractivity contribution in [3.05, 3.63) is 12.7 Å². The number of nitrogens with zero attached hydrogens (tertiary/aromatic N) is 1. The molecule has 1 heterocycles. The summed E-state index contributed by atoms with van der Waals surface area (Å²) < 4.78 is 4.59. The zero-order chi connectivity index (χ0) is 9.84. The number of carbonyl (C=O) groups is 1. The molecular formula is C9H15NO3. The minimum atomic E-state index is -0.376. The summed E-state index contributed by atoms with van der Waals surface area (Å²) in [6.45, 7) is 4.67. The molecule has 0 radical (unpaired) electrons. The summed E-state index contributed by atoms with van der Waals surface area (Å²) in [5, 5.41) is 9.49. The first-order valence-electron chi connectivity index (χ1n) is 4.32. The van der Waals surface area contributed by atoms with Gasteiger partial charge in [0, 0.05) is 19.0 Å². The monoisotopic (exact) mass is 185 g/mol. The largest absolute Gasteiger partial charge is 0.453 e. The van der Waals surface area contributed by atoms with Gasteiger partial charge in [-0.25, -0.2) is 4.79 Å². The van der Waals surface area contributed by atoms with Crippen LogP contribution in [0.3, 0.4) is 0 Å².